The number of urea groups is 1. The van der Waals surface area contributed by atoms with Crippen molar-refractivity contribution in [3.05, 3.63) is 87.4 Å². The van der Waals surface area contributed by atoms with Crippen molar-refractivity contribution in [2.45, 2.75) is 32.5 Å². The maximum atomic E-state index is 13.1. The second-order valence-electron chi connectivity index (χ2n) is 8.38. The van der Waals surface area contributed by atoms with Gasteiger partial charge in [0.1, 0.15) is 11.4 Å². The van der Waals surface area contributed by atoms with Gasteiger partial charge in [0.05, 0.1) is 18.9 Å². The number of nitrogens with two attached hydrogens (primary N) is 1. The highest BCUT2D eigenvalue weighted by molar-refractivity contribution is 5.90. The van der Waals surface area contributed by atoms with Crippen LogP contribution in [0, 0.1) is 11.8 Å². The molecule has 4 rings (SSSR count). The summed E-state index contributed by atoms with van der Waals surface area (Å²) >= 11 is 0. The lowest BCUT2D eigenvalue weighted by Crippen LogP contribution is -2.37. The van der Waals surface area contributed by atoms with E-state index in [9.17, 15) is 19.5 Å². The molecule has 1 fully saturated rings. The SMILES string of the molecule is CC(C)N1C(=O)N(Cc2nc[nH]c(=O)c2O)CC1c1ccc(C#Cc2ccc(C(N)=O)nc2)cc1. The van der Waals surface area contributed by atoms with E-state index in [1.54, 1.807) is 15.9 Å². The molecule has 4 N–H and O–H groups in total. The highest BCUT2D eigenvalue weighted by Gasteiger charge is 2.39. The highest BCUT2D eigenvalue weighted by Crippen LogP contribution is 2.32. The molecule has 1 atom stereocenters. The Balaban J connectivity index is 1.52. The minimum Gasteiger partial charge on any atom is -0.502 e. The van der Waals surface area contributed by atoms with Crippen molar-refractivity contribution in [1.82, 2.24) is 24.8 Å². The summed E-state index contributed by atoms with van der Waals surface area (Å²) in [5.41, 5.74) is 7.26. The lowest BCUT2D eigenvalue weighted by molar-refractivity contribution is 0.0995. The zero-order chi connectivity index (χ0) is 25.1. The molecule has 3 aromatic rings. The van der Waals surface area contributed by atoms with Crippen molar-refractivity contribution >= 4 is 11.9 Å². The van der Waals surface area contributed by atoms with Crippen molar-refractivity contribution in [2.24, 2.45) is 5.73 Å². The largest absolute Gasteiger partial charge is 0.502 e. The number of rotatable bonds is 5. The number of hydrogen-bond acceptors (Lipinski definition) is 6. The van der Waals surface area contributed by atoms with Crippen LogP contribution in [0.2, 0.25) is 0 Å². The summed E-state index contributed by atoms with van der Waals surface area (Å²) in [4.78, 5) is 49.6. The average molecular weight is 473 g/mol. The van der Waals surface area contributed by atoms with Crippen LogP contribution in [0.5, 0.6) is 5.75 Å². The maximum absolute atomic E-state index is 13.1. The number of benzene rings is 1. The normalized spacial score (nSPS) is 15.3. The van der Waals surface area contributed by atoms with Gasteiger partial charge in [0.2, 0.25) is 5.75 Å². The van der Waals surface area contributed by atoms with E-state index < -0.39 is 17.2 Å². The lowest BCUT2D eigenvalue weighted by Gasteiger charge is -2.27. The third-order valence-electron chi connectivity index (χ3n) is 5.68. The van der Waals surface area contributed by atoms with Crippen LogP contribution in [0.1, 0.15) is 52.8 Å². The van der Waals surface area contributed by atoms with Gasteiger partial charge < -0.3 is 25.6 Å². The number of nitrogens with one attached hydrogen (secondary N) is 1. The molecule has 0 saturated carbocycles. The van der Waals surface area contributed by atoms with E-state index in [0.29, 0.717) is 12.1 Å². The molecular formula is C25H24N6O4. The fourth-order valence-corrected chi connectivity index (χ4v) is 3.92. The topological polar surface area (TPSA) is 146 Å². The third-order valence-corrected chi connectivity index (χ3v) is 5.68. The van der Waals surface area contributed by atoms with Gasteiger partial charge in [-0.05, 0) is 43.7 Å². The third kappa shape index (κ3) is 4.99. The van der Waals surface area contributed by atoms with E-state index in [1.807, 2.05) is 38.1 Å². The van der Waals surface area contributed by atoms with Gasteiger partial charge in [-0.25, -0.2) is 14.8 Å². The van der Waals surface area contributed by atoms with Crippen LogP contribution in [-0.2, 0) is 6.54 Å². The number of aromatic nitrogens is 3. The van der Waals surface area contributed by atoms with Crippen LogP contribution < -0.4 is 11.3 Å². The molecule has 2 aromatic heterocycles. The number of aromatic hydroxyl groups is 1. The van der Waals surface area contributed by atoms with E-state index in [0.717, 1.165) is 11.1 Å². The monoisotopic (exact) mass is 472 g/mol. The van der Waals surface area contributed by atoms with Gasteiger partial charge in [0.15, 0.2) is 0 Å². The molecule has 0 radical (unpaired) electrons. The quantitative estimate of drug-likeness (QED) is 0.483. The molecule has 3 heterocycles. The molecule has 35 heavy (non-hydrogen) atoms. The van der Waals surface area contributed by atoms with Gasteiger partial charge in [0, 0.05) is 29.9 Å². The molecule has 10 nitrogen and oxygen atoms in total. The first-order valence-electron chi connectivity index (χ1n) is 10.9. The molecule has 1 aliphatic rings. The number of carbonyl (C=O) groups excluding carboxylic acids is 2. The van der Waals surface area contributed by atoms with Crippen LogP contribution >= 0.6 is 0 Å². The standard InChI is InChI=1S/C25H24N6O4/c1-15(2)31-21(13-30(25(31)35)12-20-22(32)24(34)29-14-28-20)18-8-5-16(6-9-18)3-4-17-7-10-19(23(26)33)27-11-17/h5-11,14-15,21,32H,12-13H2,1-2H3,(H2,26,33)(H,28,29,34). The number of primary amides is 1. The lowest BCUT2D eigenvalue weighted by atomic mass is 10.0. The van der Waals surface area contributed by atoms with E-state index in [-0.39, 0.29) is 36.0 Å². The first kappa shape index (κ1) is 23.5. The second-order valence-corrected chi connectivity index (χ2v) is 8.38. The molecule has 178 valence electrons. The highest BCUT2D eigenvalue weighted by atomic mass is 16.3. The van der Waals surface area contributed by atoms with Crippen molar-refractivity contribution in [2.75, 3.05) is 6.54 Å². The smallest absolute Gasteiger partial charge is 0.321 e. The molecule has 1 saturated heterocycles. The molecule has 1 aliphatic heterocycles. The van der Waals surface area contributed by atoms with E-state index >= 15 is 0 Å². The molecule has 0 spiro atoms. The molecule has 0 bridgehead atoms. The predicted molar refractivity (Wildman–Crippen MR) is 127 cm³/mol. The molecule has 3 amide bonds. The second kappa shape index (κ2) is 9.69. The molecule has 1 unspecified atom stereocenters. The summed E-state index contributed by atoms with van der Waals surface area (Å²) in [5, 5.41) is 10.0. The Kier molecular flexibility index (Phi) is 6.51. The molecular weight excluding hydrogens is 448 g/mol. The zero-order valence-corrected chi connectivity index (χ0v) is 19.2. The number of amides is 3. The van der Waals surface area contributed by atoms with Crippen molar-refractivity contribution in [3.8, 4) is 17.6 Å². The van der Waals surface area contributed by atoms with E-state index in [2.05, 4.69) is 26.8 Å². The van der Waals surface area contributed by atoms with Crippen LogP contribution in [0.3, 0.4) is 0 Å². The van der Waals surface area contributed by atoms with Gasteiger partial charge >= 0.3 is 6.03 Å². The fraction of sp³-hybridized carbons (Fsp3) is 0.240. The maximum Gasteiger partial charge on any atom is 0.321 e. The van der Waals surface area contributed by atoms with Crippen LogP contribution in [0.25, 0.3) is 0 Å². The fourth-order valence-electron chi connectivity index (χ4n) is 3.92. The molecule has 0 aliphatic carbocycles. The number of carbonyl (C=O) groups is 2. The summed E-state index contributed by atoms with van der Waals surface area (Å²) < 4.78 is 0. The van der Waals surface area contributed by atoms with Gasteiger partial charge in [-0.2, -0.15) is 0 Å². The summed E-state index contributed by atoms with van der Waals surface area (Å²) in [6.45, 7) is 4.29. The van der Waals surface area contributed by atoms with Gasteiger partial charge in [-0.15, -0.1) is 0 Å². The summed E-state index contributed by atoms with van der Waals surface area (Å²) in [6, 6.07) is 10.4. The summed E-state index contributed by atoms with van der Waals surface area (Å²) in [7, 11) is 0. The predicted octanol–water partition coefficient (Wildman–Crippen LogP) is 1.76. The number of hydrogen-bond donors (Lipinski definition) is 3. The summed E-state index contributed by atoms with van der Waals surface area (Å²) in [5.74, 6) is 4.98. The average Bonchev–Trinajstić information content (AvgIpc) is 3.17. The summed E-state index contributed by atoms with van der Waals surface area (Å²) in [6.07, 6.45) is 2.70. The minimum absolute atomic E-state index is 0.0282. The van der Waals surface area contributed by atoms with Gasteiger partial charge in [-0.3, -0.25) is 9.59 Å². The molecule has 10 heteroatoms. The van der Waals surface area contributed by atoms with Crippen molar-refractivity contribution < 1.29 is 14.7 Å². The van der Waals surface area contributed by atoms with E-state index in [4.69, 9.17) is 5.73 Å². The van der Waals surface area contributed by atoms with Crippen LogP contribution in [0.15, 0.2) is 53.7 Å². The Labute approximate surface area is 201 Å². The Bertz CT molecular complexity index is 1370. The Morgan fingerprint density at radius 3 is 2.46 bits per heavy atom. The first-order chi connectivity index (χ1) is 16.7. The van der Waals surface area contributed by atoms with Crippen LogP contribution in [-0.4, -0.2) is 54.4 Å². The Morgan fingerprint density at radius 1 is 1.14 bits per heavy atom. The number of H-pyrrole nitrogens is 1. The van der Waals surface area contributed by atoms with Crippen LogP contribution in [0.4, 0.5) is 4.79 Å². The van der Waals surface area contributed by atoms with Crippen molar-refractivity contribution in [3.63, 3.8) is 0 Å². The first-order valence-corrected chi connectivity index (χ1v) is 10.9. The minimum atomic E-state index is -0.643. The van der Waals surface area contributed by atoms with Gasteiger partial charge in [0.25, 0.3) is 11.5 Å². The number of pyridine rings is 1. The Morgan fingerprint density at radius 2 is 1.83 bits per heavy atom. The zero-order valence-electron chi connectivity index (χ0n) is 19.2. The number of nitrogens with zero attached hydrogens (tertiary/aromatic N) is 4. The Hall–Kier alpha value is -4.65. The van der Waals surface area contributed by atoms with Crippen molar-refractivity contribution in [1.29, 1.82) is 0 Å². The molecule has 1 aromatic carbocycles. The number of aromatic amines is 1. The van der Waals surface area contributed by atoms with Gasteiger partial charge in [-0.1, -0.05) is 24.0 Å². The van der Waals surface area contributed by atoms with E-state index in [1.165, 1.54) is 18.6 Å².